The second kappa shape index (κ2) is 4.84. The summed E-state index contributed by atoms with van der Waals surface area (Å²) >= 11 is 0. The average molecular weight is 244 g/mol. The van der Waals surface area contributed by atoms with Crippen LogP contribution < -0.4 is 0 Å². The van der Waals surface area contributed by atoms with Crippen LogP contribution >= 0.6 is 0 Å². The first-order valence-electron chi connectivity index (χ1n) is 6.26. The molecule has 0 bridgehead atoms. The summed E-state index contributed by atoms with van der Waals surface area (Å²) in [7, 11) is 2.04. The fourth-order valence-electron chi connectivity index (χ4n) is 2.23. The van der Waals surface area contributed by atoms with E-state index < -0.39 is 0 Å². The summed E-state index contributed by atoms with van der Waals surface area (Å²) in [5, 5.41) is 9.08. The molecule has 0 unspecified atom stereocenters. The van der Waals surface area contributed by atoms with Crippen LogP contribution in [0, 0.1) is 12.3 Å². The van der Waals surface area contributed by atoms with Crippen LogP contribution in [0.25, 0.3) is 10.9 Å². The number of aryl methyl sites for hydroxylation is 2. The highest BCUT2D eigenvalue weighted by Gasteiger charge is 2.10. The van der Waals surface area contributed by atoms with Crippen LogP contribution in [0.1, 0.15) is 25.0 Å². The Morgan fingerprint density at radius 2 is 2.11 bits per heavy atom. The molecule has 3 heteroatoms. The third-order valence-electron chi connectivity index (χ3n) is 2.96. The first-order valence-corrected chi connectivity index (χ1v) is 6.26. The zero-order valence-electron chi connectivity index (χ0n) is 11.4. The van der Waals surface area contributed by atoms with Crippen LogP contribution in [-0.4, -0.2) is 16.6 Å². The van der Waals surface area contributed by atoms with Crippen molar-refractivity contribution in [2.45, 2.75) is 33.3 Å². The molecular formula is C15H20N2O. The maximum absolute atomic E-state index is 7.86. The van der Waals surface area contributed by atoms with Crippen LogP contribution in [0.5, 0.6) is 0 Å². The molecule has 0 saturated heterocycles. The first-order chi connectivity index (χ1) is 8.47. The Morgan fingerprint density at radius 1 is 1.39 bits per heavy atom. The second-order valence-corrected chi connectivity index (χ2v) is 5.05. The van der Waals surface area contributed by atoms with Crippen molar-refractivity contribution in [2.75, 3.05) is 0 Å². The molecule has 1 N–H and O–H groups in total. The monoisotopic (exact) mass is 244 g/mol. The number of fused-ring (bicyclic) bond motifs is 1. The number of rotatable bonds is 3. The van der Waals surface area contributed by atoms with Crippen molar-refractivity contribution in [3.8, 4) is 0 Å². The smallest absolute Gasteiger partial charge is 0.185 e. The van der Waals surface area contributed by atoms with Gasteiger partial charge in [0.15, 0.2) is 5.90 Å². The lowest BCUT2D eigenvalue weighted by Gasteiger charge is -2.09. The van der Waals surface area contributed by atoms with Crippen LogP contribution in [0.15, 0.2) is 24.4 Å². The summed E-state index contributed by atoms with van der Waals surface area (Å²) < 4.78 is 7.52. The molecule has 1 heterocycles. The van der Waals surface area contributed by atoms with Gasteiger partial charge < -0.3 is 9.30 Å². The van der Waals surface area contributed by atoms with Gasteiger partial charge in [-0.05, 0) is 38.5 Å². The molecule has 0 amide bonds. The minimum absolute atomic E-state index is 0.0641. The molecule has 0 saturated carbocycles. The van der Waals surface area contributed by atoms with Gasteiger partial charge in [-0.3, -0.25) is 5.41 Å². The van der Waals surface area contributed by atoms with Crippen molar-refractivity contribution in [1.29, 1.82) is 5.41 Å². The number of nitrogens with one attached hydrogen (secondary N) is 1. The number of aromatic nitrogens is 1. The summed E-state index contributed by atoms with van der Waals surface area (Å²) in [5.74, 6) is 0.332. The molecule has 2 aromatic rings. The quantitative estimate of drug-likeness (QED) is 0.652. The van der Waals surface area contributed by atoms with Gasteiger partial charge in [0.1, 0.15) is 0 Å². The molecule has 1 aromatic carbocycles. The van der Waals surface area contributed by atoms with Crippen molar-refractivity contribution < 1.29 is 4.74 Å². The largest absolute Gasteiger partial charge is 0.478 e. The first kappa shape index (κ1) is 12.7. The number of hydrogen-bond acceptors (Lipinski definition) is 2. The molecule has 0 spiro atoms. The van der Waals surface area contributed by atoms with E-state index in [0.717, 1.165) is 5.56 Å². The van der Waals surface area contributed by atoms with Gasteiger partial charge in [-0.15, -0.1) is 0 Å². The summed E-state index contributed by atoms with van der Waals surface area (Å²) in [5.41, 5.74) is 3.60. The highest BCUT2D eigenvalue weighted by molar-refractivity contribution is 5.89. The van der Waals surface area contributed by atoms with E-state index in [0.29, 0.717) is 12.3 Å². The highest BCUT2D eigenvalue weighted by atomic mass is 16.5. The molecule has 96 valence electrons. The average Bonchev–Trinajstić information content (AvgIpc) is 2.54. The van der Waals surface area contributed by atoms with Crippen molar-refractivity contribution in [1.82, 2.24) is 4.57 Å². The highest BCUT2D eigenvalue weighted by Crippen LogP contribution is 2.22. The van der Waals surface area contributed by atoms with E-state index in [9.17, 15) is 0 Å². The summed E-state index contributed by atoms with van der Waals surface area (Å²) in [6, 6.07) is 6.41. The lowest BCUT2D eigenvalue weighted by atomic mass is 10.1. The van der Waals surface area contributed by atoms with Gasteiger partial charge in [-0.2, -0.15) is 0 Å². The zero-order chi connectivity index (χ0) is 13.3. The Balaban J connectivity index is 2.33. The third kappa shape index (κ3) is 2.55. The number of benzene rings is 1. The third-order valence-corrected chi connectivity index (χ3v) is 2.96. The Labute approximate surface area is 108 Å². The fraction of sp³-hybridized carbons (Fsp3) is 0.400. The molecule has 0 aliphatic carbocycles. The van der Waals surface area contributed by atoms with Gasteiger partial charge in [0.2, 0.25) is 0 Å². The van der Waals surface area contributed by atoms with Crippen LogP contribution in [-0.2, 0) is 18.2 Å². The van der Waals surface area contributed by atoms with Gasteiger partial charge in [0, 0.05) is 24.1 Å². The predicted octanol–water partition coefficient (Wildman–Crippen LogP) is 3.43. The van der Waals surface area contributed by atoms with Crippen molar-refractivity contribution in [3.63, 3.8) is 0 Å². The maximum Gasteiger partial charge on any atom is 0.185 e. The van der Waals surface area contributed by atoms with Crippen molar-refractivity contribution in [3.05, 3.63) is 35.5 Å². The van der Waals surface area contributed by atoms with Gasteiger partial charge in [0.25, 0.3) is 0 Å². The molecular weight excluding hydrogens is 224 g/mol. The van der Waals surface area contributed by atoms with E-state index in [1.165, 1.54) is 16.5 Å². The Morgan fingerprint density at radius 3 is 2.78 bits per heavy atom. The van der Waals surface area contributed by atoms with Crippen LogP contribution in [0.3, 0.4) is 0 Å². The lowest BCUT2D eigenvalue weighted by Crippen LogP contribution is -2.12. The molecule has 0 aliphatic heterocycles. The minimum atomic E-state index is 0.0641. The topological polar surface area (TPSA) is 38.0 Å². The SMILES string of the molecule is Cc1ccc2c(c1)c(CC(=N)OC(C)C)cn2C. The standard InChI is InChI=1S/C15H20N2O/c1-10(2)18-15(16)8-12-9-17(4)14-6-5-11(3)7-13(12)14/h5-7,9-10,16H,8H2,1-4H3. The minimum Gasteiger partial charge on any atom is -0.478 e. The predicted molar refractivity (Wildman–Crippen MR) is 75.3 cm³/mol. The van der Waals surface area contributed by atoms with Gasteiger partial charge in [-0.25, -0.2) is 0 Å². The molecule has 1 aromatic heterocycles. The molecule has 3 nitrogen and oxygen atoms in total. The Hall–Kier alpha value is -1.77. The molecule has 0 radical (unpaired) electrons. The fourth-order valence-corrected chi connectivity index (χ4v) is 2.23. The molecule has 18 heavy (non-hydrogen) atoms. The van der Waals surface area contributed by atoms with Crippen LogP contribution in [0.4, 0.5) is 0 Å². The Bertz CT molecular complexity index is 581. The van der Waals surface area contributed by atoms with E-state index in [-0.39, 0.29) is 6.10 Å². The van der Waals surface area contributed by atoms with E-state index in [4.69, 9.17) is 10.1 Å². The second-order valence-electron chi connectivity index (χ2n) is 5.05. The number of ether oxygens (including phenoxy) is 1. The van der Waals surface area contributed by atoms with E-state index >= 15 is 0 Å². The van der Waals surface area contributed by atoms with Gasteiger partial charge in [-0.1, -0.05) is 11.6 Å². The van der Waals surface area contributed by atoms with Crippen molar-refractivity contribution >= 4 is 16.8 Å². The zero-order valence-corrected chi connectivity index (χ0v) is 11.4. The summed E-state index contributed by atoms with van der Waals surface area (Å²) in [4.78, 5) is 0. The van der Waals surface area contributed by atoms with Gasteiger partial charge >= 0.3 is 0 Å². The van der Waals surface area contributed by atoms with E-state index in [1.807, 2.05) is 20.9 Å². The van der Waals surface area contributed by atoms with Crippen LogP contribution in [0.2, 0.25) is 0 Å². The number of hydrogen-bond donors (Lipinski definition) is 1. The summed E-state index contributed by atoms with van der Waals surface area (Å²) in [6.45, 7) is 5.98. The normalized spacial score (nSPS) is 11.2. The van der Waals surface area contributed by atoms with E-state index in [1.54, 1.807) is 0 Å². The van der Waals surface area contributed by atoms with E-state index in [2.05, 4.69) is 35.9 Å². The lowest BCUT2D eigenvalue weighted by molar-refractivity contribution is 0.221. The molecule has 0 atom stereocenters. The number of nitrogens with zero attached hydrogens (tertiary/aromatic N) is 1. The Kier molecular flexibility index (Phi) is 3.41. The molecule has 0 aliphatic rings. The van der Waals surface area contributed by atoms with Crippen molar-refractivity contribution in [2.24, 2.45) is 7.05 Å². The van der Waals surface area contributed by atoms with Gasteiger partial charge in [0.05, 0.1) is 12.5 Å². The molecule has 2 rings (SSSR count). The summed E-state index contributed by atoms with van der Waals surface area (Å²) in [6.07, 6.45) is 2.70. The maximum atomic E-state index is 7.86. The molecule has 0 fully saturated rings.